The van der Waals surface area contributed by atoms with Gasteiger partial charge in [-0.05, 0) is 18.8 Å². The van der Waals surface area contributed by atoms with E-state index >= 15 is 0 Å². The van der Waals surface area contributed by atoms with Gasteiger partial charge in [-0.15, -0.1) is 0 Å². The van der Waals surface area contributed by atoms with Gasteiger partial charge in [0.25, 0.3) is 5.56 Å². The minimum atomic E-state index is -0.334. The first-order valence-corrected chi connectivity index (χ1v) is 6.58. The Morgan fingerprint density at radius 1 is 1.59 bits per heavy atom. The van der Waals surface area contributed by atoms with Gasteiger partial charge < -0.3 is 5.32 Å². The van der Waals surface area contributed by atoms with E-state index < -0.39 is 0 Å². The SMILES string of the molecule is CCC1CCCC(Nc2cn[nH]c(=O)c2Cl)C1. The molecule has 0 aliphatic heterocycles. The summed E-state index contributed by atoms with van der Waals surface area (Å²) in [5, 5.41) is 9.63. The summed E-state index contributed by atoms with van der Waals surface area (Å²) < 4.78 is 0. The van der Waals surface area contributed by atoms with Crippen molar-refractivity contribution in [3.8, 4) is 0 Å². The first kappa shape index (κ1) is 12.4. The number of aromatic amines is 1. The van der Waals surface area contributed by atoms with Crippen molar-refractivity contribution >= 4 is 17.3 Å². The predicted octanol–water partition coefficient (Wildman–Crippen LogP) is 2.80. The van der Waals surface area contributed by atoms with Crippen LogP contribution >= 0.6 is 11.6 Å². The molecule has 1 heterocycles. The largest absolute Gasteiger partial charge is 0.380 e. The average Bonchev–Trinajstić information content (AvgIpc) is 2.35. The van der Waals surface area contributed by atoms with Gasteiger partial charge >= 0.3 is 0 Å². The van der Waals surface area contributed by atoms with Crippen LogP contribution in [0.25, 0.3) is 0 Å². The van der Waals surface area contributed by atoms with Crippen LogP contribution in [-0.4, -0.2) is 16.2 Å². The van der Waals surface area contributed by atoms with Crippen molar-refractivity contribution in [1.82, 2.24) is 10.2 Å². The van der Waals surface area contributed by atoms with Crippen molar-refractivity contribution in [2.75, 3.05) is 5.32 Å². The molecular formula is C12H18ClN3O. The van der Waals surface area contributed by atoms with Gasteiger partial charge in [0, 0.05) is 6.04 Å². The number of rotatable bonds is 3. The summed E-state index contributed by atoms with van der Waals surface area (Å²) in [5.41, 5.74) is 0.316. The monoisotopic (exact) mass is 255 g/mol. The molecule has 2 rings (SSSR count). The fraction of sp³-hybridized carbons (Fsp3) is 0.667. The molecule has 0 saturated heterocycles. The van der Waals surface area contributed by atoms with Crippen molar-refractivity contribution in [2.45, 2.75) is 45.1 Å². The average molecular weight is 256 g/mol. The molecule has 0 spiro atoms. The van der Waals surface area contributed by atoms with E-state index in [0.29, 0.717) is 11.7 Å². The number of nitrogens with one attached hydrogen (secondary N) is 2. The molecule has 4 nitrogen and oxygen atoms in total. The highest BCUT2D eigenvalue weighted by molar-refractivity contribution is 6.32. The number of hydrogen-bond donors (Lipinski definition) is 2. The highest BCUT2D eigenvalue weighted by Gasteiger charge is 2.21. The van der Waals surface area contributed by atoms with Gasteiger partial charge in [0.15, 0.2) is 0 Å². The van der Waals surface area contributed by atoms with Crippen LogP contribution in [0.3, 0.4) is 0 Å². The molecule has 94 valence electrons. The van der Waals surface area contributed by atoms with Gasteiger partial charge in [-0.2, -0.15) is 5.10 Å². The van der Waals surface area contributed by atoms with Gasteiger partial charge in [-0.3, -0.25) is 4.79 Å². The maximum absolute atomic E-state index is 11.3. The summed E-state index contributed by atoms with van der Waals surface area (Å²) in [5.74, 6) is 0.787. The molecule has 1 saturated carbocycles. The van der Waals surface area contributed by atoms with Crippen molar-refractivity contribution in [2.24, 2.45) is 5.92 Å². The van der Waals surface area contributed by atoms with E-state index in [1.54, 1.807) is 6.20 Å². The standard InChI is InChI=1S/C12H18ClN3O/c1-2-8-4-3-5-9(6-8)15-10-7-14-16-12(17)11(10)13/h7-9H,2-6H2,1H3,(H2,15,16,17). The van der Waals surface area contributed by atoms with Gasteiger partial charge in [-0.1, -0.05) is 37.8 Å². The van der Waals surface area contributed by atoms with E-state index in [1.807, 2.05) is 0 Å². The van der Waals surface area contributed by atoms with Gasteiger partial charge in [-0.25, -0.2) is 5.10 Å². The second-order valence-electron chi connectivity index (χ2n) is 4.71. The highest BCUT2D eigenvalue weighted by atomic mass is 35.5. The first-order valence-electron chi connectivity index (χ1n) is 6.20. The molecule has 0 amide bonds. The van der Waals surface area contributed by atoms with E-state index in [9.17, 15) is 4.79 Å². The summed E-state index contributed by atoms with van der Waals surface area (Å²) in [6.07, 6.45) is 7.65. The molecule has 1 aliphatic carbocycles. The Kier molecular flexibility index (Phi) is 4.05. The van der Waals surface area contributed by atoms with E-state index in [1.165, 1.54) is 19.3 Å². The summed E-state index contributed by atoms with van der Waals surface area (Å²) in [6.45, 7) is 2.23. The highest BCUT2D eigenvalue weighted by Crippen LogP contribution is 2.29. The van der Waals surface area contributed by atoms with Crippen LogP contribution in [0.2, 0.25) is 5.02 Å². The third kappa shape index (κ3) is 3.00. The second-order valence-corrected chi connectivity index (χ2v) is 5.09. The lowest BCUT2D eigenvalue weighted by atomic mass is 9.84. The van der Waals surface area contributed by atoms with E-state index in [4.69, 9.17) is 11.6 Å². The number of anilines is 1. The quantitative estimate of drug-likeness (QED) is 0.873. The molecule has 2 unspecified atom stereocenters. The smallest absolute Gasteiger partial charge is 0.285 e. The minimum Gasteiger partial charge on any atom is -0.380 e. The van der Waals surface area contributed by atoms with Gasteiger partial charge in [0.05, 0.1) is 11.9 Å². The molecule has 0 aromatic carbocycles. The fourth-order valence-electron chi connectivity index (χ4n) is 2.50. The van der Waals surface area contributed by atoms with Crippen LogP contribution in [0, 0.1) is 5.92 Å². The lowest BCUT2D eigenvalue weighted by Gasteiger charge is -2.29. The summed E-state index contributed by atoms with van der Waals surface area (Å²) >= 11 is 5.94. The number of hydrogen-bond acceptors (Lipinski definition) is 3. The van der Waals surface area contributed by atoms with Crippen LogP contribution < -0.4 is 10.9 Å². The van der Waals surface area contributed by atoms with Crippen molar-refractivity contribution in [1.29, 1.82) is 0 Å². The summed E-state index contributed by atoms with van der Waals surface area (Å²) in [6, 6.07) is 0.412. The third-order valence-electron chi connectivity index (χ3n) is 3.52. The normalized spacial score (nSPS) is 24.6. The number of nitrogens with zero attached hydrogens (tertiary/aromatic N) is 1. The van der Waals surface area contributed by atoms with Gasteiger partial charge in [0.1, 0.15) is 5.02 Å². The minimum absolute atomic E-state index is 0.207. The molecule has 1 aromatic heterocycles. The zero-order valence-corrected chi connectivity index (χ0v) is 10.8. The van der Waals surface area contributed by atoms with E-state index in [-0.39, 0.29) is 10.6 Å². The molecule has 0 radical (unpaired) electrons. The predicted molar refractivity (Wildman–Crippen MR) is 69.5 cm³/mol. The van der Waals surface area contributed by atoms with Crippen LogP contribution in [0.4, 0.5) is 5.69 Å². The molecule has 17 heavy (non-hydrogen) atoms. The third-order valence-corrected chi connectivity index (χ3v) is 3.89. The molecule has 0 bridgehead atoms. The molecule has 5 heteroatoms. The number of aromatic nitrogens is 2. The Hall–Kier alpha value is -1.03. The van der Waals surface area contributed by atoms with Gasteiger partial charge in [0.2, 0.25) is 0 Å². The zero-order valence-electron chi connectivity index (χ0n) is 10.0. The number of halogens is 1. The molecule has 1 aliphatic rings. The van der Waals surface area contributed by atoms with E-state index in [0.717, 1.165) is 18.8 Å². The maximum atomic E-state index is 11.3. The lowest BCUT2D eigenvalue weighted by molar-refractivity contribution is 0.327. The summed E-state index contributed by atoms with van der Waals surface area (Å²) in [7, 11) is 0. The molecule has 1 aromatic rings. The van der Waals surface area contributed by atoms with Crippen molar-refractivity contribution < 1.29 is 0 Å². The number of H-pyrrole nitrogens is 1. The Bertz CT molecular complexity index is 432. The lowest BCUT2D eigenvalue weighted by Crippen LogP contribution is -2.28. The molecule has 2 N–H and O–H groups in total. The van der Waals surface area contributed by atoms with Crippen molar-refractivity contribution in [3.05, 3.63) is 21.6 Å². The van der Waals surface area contributed by atoms with Crippen LogP contribution in [0.5, 0.6) is 0 Å². The second kappa shape index (κ2) is 5.54. The fourth-order valence-corrected chi connectivity index (χ4v) is 2.64. The van der Waals surface area contributed by atoms with E-state index in [2.05, 4.69) is 22.4 Å². The summed E-state index contributed by atoms with van der Waals surface area (Å²) in [4.78, 5) is 11.3. The van der Waals surface area contributed by atoms with Crippen LogP contribution in [0.15, 0.2) is 11.0 Å². The zero-order chi connectivity index (χ0) is 12.3. The Labute approximate surface area is 106 Å². The van der Waals surface area contributed by atoms with Crippen molar-refractivity contribution in [3.63, 3.8) is 0 Å². The topological polar surface area (TPSA) is 57.8 Å². The molecular weight excluding hydrogens is 238 g/mol. The van der Waals surface area contributed by atoms with Crippen LogP contribution in [0.1, 0.15) is 39.0 Å². The Morgan fingerprint density at radius 2 is 2.41 bits per heavy atom. The van der Waals surface area contributed by atoms with Crippen LogP contribution in [-0.2, 0) is 0 Å². The Balaban J connectivity index is 2.05. The molecule has 1 fully saturated rings. The molecule has 2 atom stereocenters. The Morgan fingerprint density at radius 3 is 3.18 bits per heavy atom. The first-order chi connectivity index (χ1) is 8.20. The maximum Gasteiger partial charge on any atom is 0.285 e.